The van der Waals surface area contributed by atoms with Gasteiger partial charge >= 0.3 is 23.9 Å². The summed E-state index contributed by atoms with van der Waals surface area (Å²) in [5.41, 5.74) is 17.3. The van der Waals surface area contributed by atoms with Gasteiger partial charge in [-0.3, -0.25) is 29.0 Å². The first kappa shape index (κ1) is 44.0. The third kappa shape index (κ3) is 15.1. The first-order valence-electron chi connectivity index (χ1n) is 18.8. The molecule has 0 saturated heterocycles. The van der Waals surface area contributed by atoms with E-state index in [9.17, 15) is 19.2 Å². The SMILES string of the molecule is CCOC(=O)CN(CC(=O)OCC)Cc1cc(C#Cc2ccc(N)cc2)cc(-c2cc(C#Cc3ccc(N)cc3)cc(CN(CC(=O)OCC)CC(=O)OCC)n2)n1. The molecule has 0 bridgehead atoms. The molecule has 302 valence electrons. The highest BCUT2D eigenvalue weighted by Crippen LogP contribution is 2.22. The Morgan fingerprint density at radius 2 is 0.776 bits per heavy atom. The number of hydrogen-bond donors (Lipinski definition) is 2. The minimum Gasteiger partial charge on any atom is -0.465 e. The van der Waals surface area contributed by atoms with Crippen LogP contribution in [0.2, 0.25) is 0 Å². The van der Waals surface area contributed by atoms with Crippen LogP contribution < -0.4 is 11.5 Å². The number of carbonyl (C=O) groups excluding carboxylic acids is 4. The fraction of sp³-hybridized carbons (Fsp3) is 0.318. The van der Waals surface area contributed by atoms with Crippen molar-refractivity contribution in [2.45, 2.75) is 40.8 Å². The van der Waals surface area contributed by atoms with Crippen molar-refractivity contribution >= 4 is 35.3 Å². The Morgan fingerprint density at radius 1 is 0.483 bits per heavy atom. The number of hydrogen-bond acceptors (Lipinski definition) is 14. The van der Waals surface area contributed by atoms with Crippen LogP contribution >= 0.6 is 0 Å². The van der Waals surface area contributed by atoms with Gasteiger partial charge in [-0.2, -0.15) is 0 Å². The number of nitrogen functional groups attached to an aromatic ring is 2. The van der Waals surface area contributed by atoms with Crippen LogP contribution in [0.4, 0.5) is 11.4 Å². The number of rotatable bonds is 17. The minimum atomic E-state index is -0.514. The Balaban J connectivity index is 1.87. The molecule has 4 N–H and O–H groups in total. The summed E-state index contributed by atoms with van der Waals surface area (Å²) in [4.78, 5) is 63.5. The Hall–Kier alpha value is -6.74. The van der Waals surface area contributed by atoms with E-state index in [1.165, 1.54) is 0 Å². The Morgan fingerprint density at radius 3 is 1.07 bits per heavy atom. The van der Waals surface area contributed by atoms with Crippen LogP contribution in [-0.4, -0.2) is 96.3 Å². The van der Waals surface area contributed by atoms with Crippen molar-refractivity contribution < 1.29 is 38.1 Å². The second kappa shape index (κ2) is 22.7. The van der Waals surface area contributed by atoms with Crippen LogP contribution in [0.25, 0.3) is 11.4 Å². The van der Waals surface area contributed by atoms with Crippen molar-refractivity contribution in [3.05, 3.63) is 106 Å². The number of nitrogens with two attached hydrogens (primary N) is 2. The van der Waals surface area contributed by atoms with Gasteiger partial charge in [-0.25, -0.2) is 9.97 Å². The smallest absolute Gasteiger partial charge is 0.320 e. The minimum absolute atomic E-state index is 0.0539. The molecule has 58 heavy (non-hydrogen) atoms. The van der Waals surface area contributed by atoms with E-state index < -0.39 is 23.9 Å². The van der Waals surface area contributed by atoms with Gasteiger partial charge in [0.2, 0.25) is 0 Å². The maximum atomic E-state index is 12.6. The lowest BCUT2D eigenvalue weighted by Crippen LogP contribution is -2.36. The Bertz CT molecular complexity index is 1970. The second-order valence-corrected chi connectivity index (χ2v) is 12.7. The number of ether oxygens (including phenoxy) is 4. The molecule has 2 heterocycles. The van der Waals surface area contributed by atoms with Crippen molar-refractivity contribution in [1.82, 2.24) is 19.8 Å². The average molecular weight is 789 g/mol. The van der Waals surface area contributed by atoms with E-state index in [-0.39, 0.29) is 65.7 Å². The van der Waals surface area contributed by atoms with Crippen LogP contribution in [0.3, 0.4) is 0 Å². The van der Waals surface area contributed by atoms with Gasteiger partial charge in [0.1, 0.15) is 0 Å². The molecule has 0 unspecified atom stereocenters. The zero-order valence-electron chi connectivity index (χ0n) is 33.2. The fourth-order valence-corrected chi connectivity index (χ4v) is 5.52. The van der Waals surface area contributed by atoms with Gasteiger partial charge in [-0.15, -0.1) is 0 Å². The van der Waals surface area contributed by atoms with Gasteiger partial charge in [0, 0.05) is 46.7 Å². The van der Waals surface area contributed by atoms with E-state index in [1.807, 2.05) is 0 Å². The van der Waals surface area contributed by atoms with E-state index in [4.69, 9.17) is 40.4 Å². The molecule has 4 rings (SSSR count). The van der Waals surface area contributed by atoms with Crippen molar-refractivity contribution in [1.29, 1.82) is 0 Å². The van der Waals surface area contributed by atoms with Gasteiger partial charge in [0.05, 0.1) is 75.4 Å². The Kier molecular flexibility index (Phi) is 17.2. The summed E-state index contributed by atoms with van der Waals surface area (Å²) in [5.74, 6) is 10.6. The monoisotopic (exact) mass is 788 g/mol. The largest absolute Gasteiger partial charge is 0.465 e. The fourth-order valence-electron chi connectivity index (χ4n) is 5.52. The van der Waals surface area contributed by atoms with E-state index in [2.05, 4.69) is 23.7 Å². The zero-order chi connectivity index (χ0) is 41.9. The lowest BCUT2D eigenvalue weighted by Gasteiger charge is -2.21. The van der Waals surface area contributed by atoms with Crippen molar-refractivity contribution in [2.75, 3.05) is 64.1 Å². The van der Waals surface area contributed by atoms with E-state index in [0.717, 1.165) is 11.1 Å². The molecule has 2 aromatic carbocycles. The highest BCUT2D eigenvalue weighted by molar-refractivity contribution is 5.76. The van der Waals surface area contributed by atoms with E-state index in [1.54, 1.807) is 110 Å². The number of esters is 4. The number of anilines is 2. The maximum Gasteiger partial charge on any atom is 0.320 e. The predicted molar refractivity (Wildman–Crippen MR) is 218 cm³/mol. The van der Waals surface area contributed by atoms with Crippen molar-refractivity contribution in [2.24, 2.45) is 0 Å². The molecular weight excluding hydrogens is 741 g/mol. The average Bonchev–Trinajstić information content (AvgIpc) is 3.17. The molecule has 14 nitrogen and oxygen atoms in total. The number of pyridine rings is 2. The summed E-state index contributed by atoms with van der Waals surface area (Å²) < 4.78 is 20.7. The first-order valence-corrected chi connectivity index (χ1v) is 18.8. The Labute approximate surface area is 338 Å². The first-order chi connectivity index (χ1) is 28.0. The number of carbonyl (C=O) groups is 4. The molecule has 0 amide bonds. The van der Waals surface area contributed by atoms with E-state index in [0.29, 0.717) is 45.3 Å². The van der Waals surface area contributed by atoms with Crippen LogP contribution in [-0.2, 0) is 51.2 Å². The quantitative estimate of drug-likeness (QED) is 0.0677. The standard InChI is InChI=1S/C44H48N6O8/c1-5-55-41(51)27-49(28-42(52)56-6-2)25-37-21-33(11-9-31-13-17-35(45)18-14-31)23-39(47-37)40-24-34(12-10-32-15-19-36(46)20-16-32)22-38(48-40)26-50(29-43(53)57-7-3)30-44(54)58-8-4/h13-24H,5-8,25-30,45-46H2,1-4H3. The van der Waals surface area contributed by atoms with Crippen LogP contribution in [0.15, 0.2) is 72.8 Å². The van der Waals surface area contributed by atoms with Crippen molar-refractivity contribution in [3.63, 3.8) is 0 Å². The molecule has 0 fully saturated rings. The maximum absolute atomic E-state index is 12.6. The van der Waals surface area contributed by atoms with Gasteiger partial charge in [-0.1, -0.05) is 23.7 Å². The van der Waals surface area contributed by atoms with Crippen LogP contribution in [0.5, 0.6) is 0 Å². The summed E-state index contributed by atoms with van der Waals surface area (Å²) in [5, 5.41) is 0. The van der Waals surface area contributed by atoms with Crippen LogP contribution in [0.1, 0.15) is 61.3 Å². The highest BCUT2D eigenvalue weighted by Gasteiger charge is 2.21. The number of benzene rings is 2. The molecule has 0 radical (unpaired) electrons. The van der Waals surface area contributed by atoms with Gasteiger partial charge in [0.25, 0.3) is 0 Å². The summed E-state index contributed by atoms with van der Waals surface area (Å²) in [6, 6.07) is 21.3. The lowest BCUT2D eigenvalue weighted by molar-refractivity contribution is -0.150. The summed E-state index contributed by atoms with van der Waals surface area (Å²) in [6.45, 7) is 6.83. The summed E-state index contributed by atoms with van der Waals surface area (Å²) in [7, 11) is 0. The molecular formula is C44H48N6O8. The second-order valence-electron chi connectivity index (χ2n) is 12.7. The molecule has 0 aliphatic carbocycles. The molecule has 0 aliphatic heterocycles. The normalized spacial score (nSPS) is 10.5. The molecule has 0 saturated carbocycles. The van der Waals surface area contributed by atoms with Gasteiger partial charge in [-0.05, 0) is 100 Å². The molecule has 2 aromatic heterocycles. The highest BCUT2D eigenvalue weighted by atomic mass is 16.5. The zero-order valence-corrected chi connectivity index (χ0v) is 33.2. The molecule has 0 spiro atoms. The van der Waals surface area contributed by atoms with E-state index >= 15 is 0 Å². The van der Waals surface area contributed by atoms with Gasteiger partial charge < -0.3 is 30.4 Å². The summed E-state index contributed by atoms with van der Waals surface area (Å²) >= 11 is 0. The predicted octanol–water partition coefficient (Wildman–Crippen LogP) is 3.96. The number of aromatic nitrogens is 2. The summed E-state index contributed by atoms with van der Waals surface area (Å²) in [6.07, 6.45) is 0. The number of nitrogens with zero attached hydrogens (tertiary/aromatic N) is 4. The molecule has 0 aliphatic rings. The third-order valence-corrected chi connectivity index (χ3v) is 7.95. The molecule has 0 atom stereocenters. The van der Waals surface area contributed by atoms with Crippen molar-refractivity contribution in [3.8, 4) is 35.1 Å². The topological polar surface area (TPSA) is 189 Å². The van der Waals surface area contributed by atoms with Gasteiger partial charge in [0.15, 0.2) is 0 Å². The third-order valence-electron chi connectivity index (χ3n) is 7.95. The molecule has 4 aromatic rings. The lowest BCUT2D eigenvalue weighted by atomic mass is 10.1. The van der Waals surface area contributed by atoms with Crippen LogP contribution in [0, 0.1) is 23.7 Å². The molecule has 14 heteroatoms.